The summed E-state index contributed by atoms with van der Waals surface area (Å²) in [5.74, 6) is -0.302. The molecule has 0 aliphatic carbocycles. The normalized spacial score (nSPS) is 17.7. The number of hydrogen-bond acceptors (Lipinski definition) is 2. The third-order valence-electron chi connectivity index (χ3n) is 4.10. The van der Waals surface area contributed by atoms with Crippen LogP contribution in [0.1, 0.15) is 33.4 Å². The van der Waals surface area contributed by atoms with Gasteiger partial charge in [-0.15, -0.1) is 12.4 Å². The van der Waals surface area contributed by atoms with Gasteiger partial charge in [-0.25, -0.2) is 4.39 Å². The number of hydrogen-bond donors (Lipinski definition) is 2. The van der Waals surface area contributed by atoms with Crippen molar-refractivity contribution in [1.82, 2.24) is 15.2 Å². The third-order valence-corrected chi connectivity index (χ3v) is 4.10. The van der Waals surface area contributed by atoms with Crippen molar-refractivity contribution < 1.29 is 9.18 Å². The minimum absolute atomic E-state index is 0. The highest BCUT2D eigenvalue weighted by Gasteiger charge is 2.30. The van der Waals surface area contributed by atoms with E-state index in [2.05, 4.69) is 10.3 Å². The first-order valence-electron chi connectivity index (χ1n) is 7.49. The first-order chi connectivity index (χ1) is 10.6. The van der Waals surface area contributed by atoms with Gasteiger partial charge in [-0.3, -0.25) is 4.79 Å². The molecule has 1 aliphatic heterocycles. The molecule has 1 aromatic carbocycles. The topological polar surface area (TPSA) is 48.1 Å². The average Bonchev–Trinajstić information content (AvgIpc) is 2.85. The van der Waals surface area contributed by atoms with Gasteiger partial charge < -0.3 is 15.2 Å². The van der Waals surface area contributed by atoms with E-state index in [1.54, 1.807) is 6.07 Å². The zero-order chi connectivity index (χ0) is 15.7. The molecule has 6 heteroatoms. The summed E-state index contributed by atoms with van der Waals surface area (Å²) in [6, 6.07) is 8.29. The fourth-order valence-corrected chi connectivity index (χ4v) is 3.05. The van der Waals surface area contributed by atoms with Crippen LogP contribution in [0.3, 0.4) is 0 Å². The van der Waals surface area contributed by atoms with Crippen molar-refractivity contribution in [3.05, 3.63) is 58.7 Å². The summed E-state index contributed by atoms with van der Waals surface area (Å²) >= 11 is 0. The molecular formula is C17H21ClFN3O. The van der Waals surface area contributed by atoms with E-state index in [9.17, 15) is 9.18 Å². The Labute approximate surface area is 141 Å². The minimum atomic E-state index is -0.276. The second kappa shape index (κ2) is 7.15. The van der Waals surface area contributed by atoms with Gasteiger partial charge in [0.05, 0.1) is 6.04 Å². The van der Waals surface area contributed by atoms with Crippen LogP contribution < -0.4 is 5.32 Å². The molecule has 2 aromatic rings. The van der Waals surface area contributed by atoms with Crippen molar-refractivity contribution in [2.24, 2.45) is 0 Å². The Balaban J connectivity index is 0.00000192. The van der Waals surface area contributed by atoms with Crippen molar-refractivity contribution >= 4 is 18.3 Å². The average molecular weight is 338 g/mol. The first kappa shape index (κ1) is 17.5. The van der Waals surface area contributed by atoms with Crippen LogP contribution in [0.4, 0.5) is 4.39 Å². The number of carbonyl (C=O) groups is 1. The van der Waals surface area contributed by atoms with Crippen LogP contribution in [-0.2, 0) is 0 Å². The summed E-state index contributed by atoms with van der Waals surface area (Å²) in [5, 5.41) is 3.28. The molecule has 1 saturated heterocycles. The number of aryl methyl sites for hydroxylation is 2. The fraction of sp³-hybridized carbons (Fsp3) is 0.353. The van der Waals surface area contributed by atoms with Gasteiger partial charge in [-0.1, -0.05) is 12.1 Å². The molecule has 1 fully saturated rings. The van der Waals surface area contributed by atoms with Gasteiger partial charge >= 0.3 is 0 Å². The van der Waals surface area contributed by atoms with E-state index in [1.165, 1.54) is 12.1 Å². The maximum Gasteiger partial charge on any atom is 0.271 e. The number of aromatic nitrogens is 1. The van der Waals surface area contributed by atoms with Crippen LogP contribution in [0.25, 0.3) is 0 Å². The van der Waals surface area contributed by atoms with Gasteiger partial charge in [0.25, 0.3) is 5.91 Å². The monoisotopic (exact) mass is 337 g/mol. The van der Waals surface area contributed by atoms with Crippen LogP contribution in [0.5, 0.6) is 0 Å². The lowest BCUT2D eigenvalue weighted by Gasteiger charge is -2.36. The summed E-state index contributed by atoms with van der Waals surface area (Å²) in [5.41, 5.74) is 3.36. The standard InChI is InChI=1S/C17H20FN3O.ClH/c1-11-8-12(2)20-16(11)17(22)21-7-6-19-10-15(21)13-4-3-5-14(18)9-13;/h3-5,8-9,15,19-20H,6-7,10H2,1-2H3;1H. The molecule has 124 valence electrons. The van der Waals surface area contributed by atoms with Gasteiger partial charge in [-0.05, 0) is 43.2 Å². The second-order valence-electron chi connectivity index (χ2n) is 5.78. The van der Waals surface area contributed by atoms with Crippen molar-refractivity contribution in [2.75, 3.05) is 19.6 Å². The summed E-state index contributed by atoms with van der Waals surface area (Å²) in [4.78, 5) is 17.8. The molecule has 1 amide bonds. The Morgan fingerprint density at radius 1 is 1.30 bits per heavy atom. The van der Waals surface area contributed by atoms with E-state index in [1.807, 2.05) is 30.9 Å². The van der Waals surface area contributed by atoms with E-state index in [0.717, 1.165) is 23.4 Å². The molecule has 1 aromatic heterocycles. The van der Waals surface area contributed by atoms with E-state index in [0.29, 0.717) is 18.8 Å². The van der Waals surface area contributed by atoms with E-state index >= 15 is 0 Å². The highest BCUT2D eigenvalue weighted by molar-refractivity contribution is 5.94. The predicted octanol–water partition coefficient (Wildman–Crippen LogP) is 2.98. The molecule has 1 atom stereocenters. The first-order valence-corrected chi connectivity index (χ1v) is 7.49. The summed E-state index contributed by atoms with van der Waals surface area (Å²) in [7, 11) is 0. The minimum Gasteiger partial charge on any atom is -0.354 e. The number of halogens is 2. The number of amides is 1. The summed E-state index contributed by atoms with van der Waals surface area (Å²) in [6.07, 6.45) is 0. The molecule has 2 heterocycles. The van der Waals surface area contributed by atoms with Gasteiger partial charge in [0.2, 0.25) is 0 Å². The van der Waals surface area contributed by atoms with Gasteiger partial charge in [0.1, 0.15) is 11.5 Å². The SMILES string of the molecule is Cc1cc(C)c(C(=O)N2CCNCC2c2cccc(F)c2)[nH]1.Cl. The predicted molar refractivity (Wildman–Crippen MR) is 90.6 cm³/mol. The van der Waals surface area contributed by atoms with E-state index < -0.39 is 0 Å². The Hall–Kier alpha value is -1.85. The van der Waals surface area contributed by atoms with Crippen molar-refractivity contribution in [2.45, 2.75) is 19.9 Å². The van der Waals surface area contributed by atoms with Crippen molar-refractivity contribution in [3.63, 3.8) is 0 Å². The molecule has 2 N–H and O–H groups in total. The molecule has 3 rings (SSSR count). The van der Waals surface area contributed by atoms with Crippen LogP contribution in [0.15, 0.2) is 30.3 Å². The van der Waals surface area contributed by atoms with Crippen LogP contribution >= 0.6 is 12.4 Å². The molecule has 1 aliphatic rings. The van der Waals surface area contributed by atoms with E-state index in [-0.39, 0.29) is 30.2 Å². The highest BCUT2D eigenvalue weighted by atomic mass is 35.5. The number of nitrogens with zero attached hydrogens (tertiary/aromatic N) is 1. The maximum atomic E-state index is 13.5. The molecule has 0 saturated carbocycles. The number of benzene rings is 1. The lowest BCUT2D eigenvalue weighted by Crippen LogP contribution is -2.49. The molecule has 4 nitrogen and oxygen atoms in total. The fourth-order valence-electron chi connectivity index (χ4n) is 3.05. The molecular weight excluding hydrogens is 317 g/mol. The Morgan fingerprint density at radius 2 is 2.09 bits per heavy atom. The number of aromatic amines is 1. The Bertz CT molecular complexity index is 701. The molecule has 0 bridgehead atoms. The van der Waals surface area contributed by atoms with Gasteiger partial charge in [-0.2, -0.15) is 0 Å². The summed E-state index contributed by atoms with van der Waals surface area (Å²) < 4.78 is 13.5. The van der Waals surface area contributed by atoms with Gasteiger partial charge in [0, 0.05) is 25.3 Å². The number of carbonyl (C=O) groups excluding carboxylic acids is 1. The smallest absolute Gasteiger partial charge is 0.271 e. The number of piperazine rings is 1. The highest BCUT2D eigenvalue weighted by Crippen LogP contribution is 2.25. The van der Waals surface area contributed by atoms with E-state index in [4.69, 9.17) is 0 Å². The largest absolute Gasteiger partial charge is 0.354 e. The zero-order valence-corrected chi connectivity index (χ0v) is 14.0. The Morgan fingerprint density at radius 3 is 2.74 bits per heavy atom. The molecule has 0 radical (unpaired) electrons. The molecule has 0 spiro atoms. The molecule has 1 unspecified atom stereocenters. The number of H-pyrrole nitrogens is 1. The van der Waals surface area contributed by atoms with Crippen LogP contribution in [0, 0.1) is 19.7 Å². The van der Waals surface area contributed by atoms with Crippen molar-refractivity contribution in [3.8, 4) is 0 Å². The van der Waals surface area contributed by atoms with Crippen LogP contribution in [-0.4, -0.2) is 35.4 Å². The quantitative estimate of drug-likeness (QED) is 0.885. The van der Waals surface area contributed by atoms with Crippen molar-refractivity contribution in [1.29, 1.82) is 0 Å². The lowest BCUT2D eigenvalue weighted by molar-refractivity contribution is 0.0627. The zero-order valence-electron chi connectivity index (χ0n) is 13.2. The van der Waals surface area contributed by atoms with Crippen LogP contribution in [0.2, 0.25) is 0 Å². The lowest BCUT2D eigenvalue weighted by atomic mass is 10.0. The third kappa shape index (κ3) is 3.57. The summed E-state index contributed by atoms with van der Waals surface area (Å²) in [6.45, 7) is 5.85. The Kier molecular flexibility index (Phi) is 5.44. The van der Waals surface area contributed by atoms with Gasteiger partial charge in [0.15, 0.2) is 0 Å². The molecule has 23 heavy (non-hydrogen) atoms. The second-order valence-corrected chi connectivity index (χ2v) is 5.78. The number of nitrogens with one attached hydrogen (secondary N) is 2. The maximum absolute atomic E-state index is 13.5. The number of rotatable bonds is 2.